The molecule has 0 aliphatic rings. The summed E-state index contributed by atoms with van der Waals surface area (Å²) in [6.45, 7) is 4.40. The van der Waals surface area contributed by atoms with Crippen LogP contribution in [0.25, 0.3) is 11.0 Å². The van der Waals surface area contributed by atoms with Gasteiger partial charge in [0.15, 0.2) is 5.65 Å². The molecule has 25 heavy (non-hydrogen) atoms. The molecule has 0 fully saturated rings. The molecule has 0 atom stereocenters. The van der Waals surface area contributed by atoms with Crippen molar-refractivity contribution >= 4 is 16.9 Å². The Morgan fingerprint density at radius 3 is 2.64 bits per heavy atom. The fourth-order valence-electron chi connectivity index (χ4n) is 2.75. The number of nitrogens with zero attached hydrogens (tertiary/aromatic N) is 5. The molecule has 2 heterocycles. The Morgan fingerprint density at radius 1 is 1.24 bits per heavy atom. The minimum absolute atomic E-state index is 0.0264. The van der Waals surface area contributed by atoms with Gasteiger partial charge in [0.05, 0.1) is 6.20 Å². The van der Waals surface area contributed by atoms with E-state index in [-0.39, 0.29) is 24.1 Å². The zero-order chi connectivity index (χ0) is 18.0. The van der Waals surface area contributed by atoms with Crippen LogP contribution in [0.3, 0.4) is 0 Å². The zero-order valence-corrected chi connectivity index (χ0v) is 14.6. The van der Waals surface area contributed by atoms with E-state index in [1.54, 1.807) is 16.6 Å². The largest absolute Gasteiger partial charge is 0.334 e. The molecule has 0 saturated heterocycles. The summed E-state index contributed by atoms with van der Waals surface area (Å²) in [7, 11) is 1.73. The monoisotopic (exact) mass is 339 g/mol. The lowest BCUT2D eigenvalue weighted by molar-refractivity contribution is -0.134. The highest BCUT2D eigenvalue weighted by Crippen LogP contribution is 2.10. The molecule has 2 aromatic heterocycles. The fraction of sp³-hybridized carbons (Fsp3) is 0.333. The zero-order valence-electron chi connectivity index (χ0n) is 14.6. The summed E-state index contributed by atoms with van der Waals surface area (Å²) in [6.07, 6.45) is 2.89. The number of hydrogen-bond donors (Lipinski definition) is 0. The van der Waals surface area contributed by atoms with Gasteiger partial charge in [-0.05, 0) is 19.4 Å². The van der Waals surface area contributed by atoms with Gasteiger partial charge in [0.2, 0.25) is 5.91 Å². The van der Waals surface area contributed by atoms with Crippen LogP contribution < -0.4 is 5.56 Å². The summed E-state index contributed by atoms with van der Waals surface area (Å²) < 4.78 is 2.88. The van der Waals surface area contributed by atoms with Gasteiger partial charge < -0.3 is 4.90 Å². The minimum atomic E-state index is -0.255. The molecular formula is C18H21N5O2. The standard InChI is InChI=1S/C18H21N5O2/c1-13(2)23(10-14-7-5-4-6-8-14)16(24)11-22-12-19-17-15(18(22)25)9-20-21(17)3/h4-9,12-13H,10-11H2,1-3H3. The molecule has 0 saturated carbocycles. The van der Waals surface area contributed by atoms with Crippen molar-refractivity contribution in [3.8, 4) is 0 Å². The van der Waals surface area contributed by atoms with E-state index in [1.807, 2.05) is 44.2 Å². The summed E-state index contributed by atoms with van der Waals surface area (Å²) in [5.74, 6) is -0.119. The third kappa shape index (κ3) is 3.45. The van der Waals surface area contributed by atoms with E-state index in [9.17, 15) is 9.59 Å². The second-order valence-electron chi connectivity index (χ2n) is 6.28. The smallest absolute Gasteiger partial charge is 0.264 e. The lowest BCUT2D eigenvalue weighted by Gasteiger charge is -2.27. The van der Waals surface area contributed by atoms with Crippen LogP contribution in [0, 0.1) is 0 Å². The van der Waals surface area contributed by atoms with E-state index in [2.05, 4.69) is 10.1 Å². The highest BCUT2D eigenvalue weighted by atomic mass is 16.2. The number of aromatic nitrogens is 4. The van der Waals surface area contributed by atoms with Gasteiger partial charge in [-0.1, -0.05) is 30.3 Å². The molecule has 0 radical (unpaired) electrons. The number of rotatable bonds is 5. The van der Waals surface area contributed by atoms with Crippen molar-refractivity contribution in [1.82, 2.24) is 24.2 Å². The molecule has 0 aliphatic carbocycles. The molecule has 7 heteroatoms. The summed E-state index contributed by atoms with van der Waals surface area (Å²) in [4.78, 5) is 31.3. The normalized spacial score (nSPS) is 11.2. The Morgan fingerprint density at radius 2 is 1.96 bits per heavy atom. The maximum Gasteiger partial charge on any atom is 0.264 e. The van der Waals surface area contributed by atoms with Crippen LogP contribution in [0.5, 0.6) is 0 Å². The number of hydrogen-bond acceptors (Lipinski definition) is 4. The second-order valence-corrected chi connectivity index (χ2v) is 6.28. The Hall–Kier alpha value is -2.96. The third-order valence-electron chi connectivity index (χ3n) is 4.16. The van der Waals surface area contributed by atoms with Gasteiger partial charge >= 0.3 is 0 Å². The van der Waals surface area contributed by atoms with Gasteiger partial charge in [-0.15, -0.1) is 0 Å². The molecule has 0 bridgehead atoms. The first-order chi connectivity index (χ1) is 12.0. The predicted octanol–water partition coefficient (Wildman–Crippen LogP) is 1.57. The minimum Gasteiger partial charge on any atom is -0.334 e. The maximum absolute atomic E-state index is 12.8. The van der Waals surface area contributed by atoms with Gasteiger partial charge in [0.1, 0.15) is 18.3 Å². The number of benzene rings is 1. The molecule has 0 N–H and O–H groups in total. The van der Waals surface area contributed by atoms with Crippen LogP contribution in [-0.2, 0) is 24.9 Å². The Kier molecular flexibility index (Phi) is 4.65. The van der Waals surface area contributed by atoms with Crippen LogP contribution in [0.1, 0.15) is 19.4 Å². The molecule has 7 nitrogen and oxygen atoms in total. The van der Waals surface area contributed by atoms with E-state index in [0.29, 0.717) is 17.6 Å². The molecule has 0 spiro atoms. The predicted molar refractivity (Wildman–Crippen MR) is 94.9 cm³/mol. The van der Waals surface area contributed by atoms with Crippen molar-refractivity contribution in [3.05, 3.63) is 58.8 Å². The van der Waals surface area contributed by atoms with Crippen LogP contribution in [0.15, 0.2) is 47.7 Å². The summed E-state index contributed by atoms with van der Waals surface area (Å²) in [6, 6.07) is 9.83. The van der Waals surface area contributed by atoms with Gasteiger partial charge in [-0.2, -0.15) is 5.10 Å². The van der Waals surface area contributed by atoms with Gasteiger partial charge in [-0.3, -0.25) is 18.8 Å². The first-order valence-electron chi connectivity index (χ1n) is 8.18. The first-order valence-corrected chi connectivity index (χ1v) is 8.18. The average Bonchev–Trinajstić information content (AvgIpc) is 2.97. The highest BCUT2D eigenvalue weighted by Gasteiger charge is 2.19. The fourth-order valence-corrected chi connectivity index (χ4v) is 2.75. The van der Waals surface area contributed by atoms with E-state index < -0.39 is 0 Å². The highest BCUT2D eigenvalue weighted by molar-refractivity contribution is 5.77. The average molecular weight is 339 g/mol. The van der Waals surface area contributed by atoms with Crippen LogP contribution in [0.2, 0.25) is 0 Å². The van der Waals surface area contributed by atoms with Crippen molar-refractivity contribution in [1.29, 1.82) is 0 Å². The number of aryl methyl sites for hydroxylation is 1. The van der Waals surface area contributed by atoms with E-state index >= 15 is 0 Å². The number of amides is 1. The second kappa shape index (κ2) is 6.88. The molecule has 0 aliphatic heterocycles. The van der Waals surface area contributed by atoms with Crippen molar-refractivity contribution in [2.45, 2.75) is 33.0 Å². The third-order valence-corrected chi connectivity index (χ3v) is 4.16. The molecule has 1 aromatic carbocycles. The van der Waals surface area contributed by atoms with Crippen LogP contribution in [0.4, 0.5) is 0 Å². The maximum atomic E-state index is 12.8. The summed E-state index contributed by atoms with van der Waals surface area (Å²) in [5.41, 5.74) is 1.31. The molecule has 3 rings (SSSR count). The van der Waals surface area contributed by atoms with Gasteiger partial charge in [-0.25, -0.2) is 4.98 Å². The van der Waals surface area contributed by atoms with Crippen LogP contribution in [-0.4, -0.2) is 36.2 Å². The lowest BCUT2D eigenvalue weighted by atomic mass is 10.2. The van der Waals surface area contributed by atoms with E-state index in [1.165, 1.54) is 17.1 Å². The van der Waals surface area contributed by atoms with Crippen molar-refractivity contribution in [2.75, 3.05) is 0 Å². The summed E-state index contributed by atoms with van der Waals surface area (Å²) >= 11 is 0. The molecular weight excluding hydrogens is 318 g/mol. The molecule has 1 amide bonds. The van der Waals surface area contributed by atoms with Gasteiger partial charge in [0, 0.05) is 19.6 Å². The molecule has 3 aromatic rings. The number of fused-ring (bicyclic) bond motifs is 1. The Bertz CT molecular complexity index is 943. The quantitative estimate of drug-likeness (QED) is 0.707. The van der Waals surface area contributed by atoms with Crippen LogP contribution >= 0.6 is 0 Å². The number of carbonyl (C=O) groups excluding carboxylic acids is 1. The lowest BCUT2D eigenvalue weighted by Crippen LogP contribution is -2.40. The van der Waals surface area contributed by atoms with Crippen molar-refractivity contribution in [2.24, 2.45) is 7.05 Å². The van der Waals surface area contributed by atoms with Gasteiger partial charge in [0.25, 0.3) is 5.56 Å². The molecule has 0 unspecified atom stereocenters. The van der Waals surface area contributed by atoms with Crippen molar-refractivity contribution in [3.63, 3.8) is 0 Å². The SMILES string of the molecule is CC(C)N(Cc1ccccc1)C(=O)Cn1cnc2c(cnn2C)c1=O. The van der Waals surface area contributed by atoms with Crippen molar-refractivity contribution < 1.29 is 4.79 Å². The molecule has 130 valence electrons. The van der Waals surface area contributed by atoms with E-state index in [0.717, 1.165) is 5.56 Å². The topological polar surface area (TPSA) is 73.0 Å². The Balaban J connectivity index is 1.84. The summed E-state index contributed by atoms with van der Waals surface area (Å²) in [5, 5.41) is 4.46. The first kappa shape index (κ1) is 16.9. The number of carbonyl (C=O) groups is 1. The van der Waals surface area contributed by atoms with E-state index in [4.69, 9.17) is 0 Å². The Labute approximate surface area is 145 Å².